The van der Waals surface area contributed by atoms with Crippen LogP contribution in [0.4, 0.5) is 0 Å². The number of hydrogen-bond donors (Lipinski definition) is 1. The Hall–Kier alpha value is -1.68. The minimum absolute atomic E-state index is 0.632. The Morgan fingerprint density at radius 3 is 2.73 bits per heavy atom. The van der Waals surface area contributed by atoms with Crippen LogP contribution in [-0.4, -0.2) is 21.1 Å². The van der Waals surface area contributed by atoms with Crippen LogP contribution in [0.5, 0.6) is 0 Å². The Bertz CT molecular complexity index is 433. The zero-order valence-electron chi connectivity index (χ0n) is 8.72. The van der Waals surface area contributed by atoms with E-state index in [1.165, 1.54) is 0 Å². The summed E-state index contributed by atoms with van der Waals surface area (Å²) in [6.07, 6.45) is 6.38. The molecule has 0 aromatic carbocycles. The topological polar surface area (TPSA) is 56.7 Å². The van der Waals surface area contributed by atoms with Crippen molar-refractivity contribution in [2.75, 3.05) is 6.54 Å². The second-order valence-corrected chi connectivity index (χ2v) is 3.44. The first kappa shape index (κ1) is 9.86. The van der Waals surface area contributed by atoms with Crippen molar-refractivity contribution < 1.29 is 0 Å². The van der Waals surface area contributed by atoms with E-state index >= 15 is 0 Å². The van der Waals surface area contributed by atoms with E-state index in [0.29, 0.717) is 6.54 Å². The summed E-state index contributed by atoms with van der Waals surface area (Å²) in [5.74, 6) is 0.959. The van der Waals surface area contributed by atoms with E-state index < -0.39 is 0 Å². The van der Waals surface area contributed by atoms with Gasteiger partial charge in [0.2, 0.25) is 0 Å². The quantitative estimate of drug-likeness (QED) is 0.807. The first-order chi connectivity index (χ1) is 7.31. The molecule has 0 aliphatic carbocycles. The lowest BCUT2D eigenvalue weighted by atomic mass is 10.2. The van der Waals surface area contributed by atoms with Crippen molar-refractivity contribution in [3.8, 4) is 11.4 Å². The van der Waals surface area contributed by atoms with Gasteiger partial charge in [0.15, 0.2) is 0 Å². The fourth-order valence-corrected chi connectivity index (χ4v) is 1.57. The van der Waals surface area contributed by atoms with Crippen LogP contribution in [0.15, 0.2) is 30.7 Å². The molecule has 2 aromatic rings. The van der Waals surface area contributed by atoms with Gasteiger partial charge in [-0.1, -0.05) is 0 Å². The highest BCUT2D eigenvalue weighted by Crippen LogP contribution is 2.16. The van der Waals surface area contributed by atoms with Crippen molar-refractivity contribution in [3.05, 3.63) is 36.4 Å². The number of imidazole rings is 1. The third-order valence-electron chi connectivity index (χ3n) is 2.27. The minimum Gasteiger partial charge on any atom is -0.334 e. The van der Waals surface area contributed by atoms with Gasteiger partial charge in [-0.05, 0) is 18.7 Å². The molecule has 0 atom stereocenters. The molecule has 0 radical (unpaired) electrons. The average molecular weight is 202 g/mol. The standard InChI is InChI=1S/C11H14N4/c1-15-8-10(2-5-12)14-11(15)9-3-6-13-7-4-9/h3-4,6-8H,2,5,12H2,1H3. The molecule has 0 saturated heterocycles. The fraction of sp³-hybridized carbons (Fsp3) is 0.273. The van der Waals surface area contributed by atoms with Crippen molar-refractivity contribution in [2.45, 2.75) is 6.42 Å². The normalized spacial score (nSPS) is 10.5. The average Bonchev–Trinajstić information content (AvgIpc) is 2.61. The Morgan fingerprint density at radius 1 is 1.33 bits per heavy atom. The largest absolute Gasteiger partial charge is 0.334 e. The first-order valence-corrected chi connectivity index (χ1v) is 4.94. The summed E-state index contributed by atoms with van der Waals surface area (Å²) in [5, 5.41) is 0. The number of hydrogen-bond acceptors (Lipinski definition) is 3. The Kier molecular flexibility index (Phi) is 2.78. The van der Waals surface area contributed by atoms with E-state index in [4.69, 9.17) is 5.73 Å². The van der Waals surface area contributed by atoms with Gasteiger partial charge in [-0.2, -0.15) is 0 Å². The molecule has 0 aliphatic rings. The highest BCUT2D eigenvalue weighted by atomic mass is 15.0. The summed E-state index contributed by atoms with van der Waals surface area (Å²) < 4.78 is 2.01. The second kappa shape index (κ2) is 4.23. The van der Waals surface area contributed by atoms with Crippen molar-refractivity contribution in [1.29, 1.82) is 0 Å². The molecule has 0 aliphatic heterocycles. The highest BCUT2D eigenvalue weighted by Gasteiger charge is 2.06. The lowest BCUT2D eigenvalue weighted by molar-refractivity contribution is 0.912. The van der Waals surface area contributed by atoms with Crippen LogP contribution in [0.2, 0.25) is 0 Å². The number of pyridine rings is 1. The summed E-state index contributed by atoms with van der Waals surface area (Å²) in [6.45, 7) is 0.632. The van der Waals surface area contributed by atoms with E-state index in [1.807, 2.05) is 29.9 Å². The lowest BCUT2D eigenvalue weighted by Crippen LogP contribution is -2.02. The van der Waals surface area contributed by atoms with Gasteiger partial charge in [-0.15, -0.1) is 0 Å². The Balaban J connectivity index is 2.36. The molecule has 0 unspecified atom stereocenters. The van der Waals surface area contributed by atoms with Gasteiger partial charge < -0.3 is 10.3 Å². The molecule has 0 spiro atoms. The molecule has 78 valence electrons. The lowest BCUT2D eigenvalue weighted by Gasteiger charge is -1.99. The minimum atomic E-state index is 0.632. The van der Waals surface area contributed by atoms with Gasteiger partial charge in [-0.25, -0.2) is 4.98 Å². The SMILES string of the molecule is Cn1cc(CCN)nc1-c1ccncc1. The van der Waals surface area contributed by atoms with Crippen LogP contribution in [-0.2, 0) is 13.5 Å². The molecule has 0 amide bonds. The van der Waals surface area contributed by atoms with Crippen LogP contribution < -0.4 is 5.73 Å². The maximum Gasteiger partial charge on any atom is 0.140 e. The third kappa shape index (κ3) is 2.05. The van der Waals surface area contributed by atoms with Gasteiger partial charge >= 0.3 is 0 Å². The Labute approximate surface area is 88.8 Å². The molecule has 2 N–H and O–H groups in total. The van der Waals surface area contributed by atoms with E-state index in [0.717, 1.165) is 23.5 Å². The molecule has 15 heavy (non-hydrogen) atoms. The van der Waals surface area contributed by atoms with Gasteiger partial charge in [0.1, 0.15) is 5.82 Å². The molecule has 4 heteroatoms. The summed E-state index contributed by atoms with van der Waals surface area (Å²) in [6, 6.07) is 3.91. The van der Waals surface area contributed by atoms with Crippen LogP contribution in [0.1, 0.15) is 5.69 Å². The monoisotopic (exact) mass is 202 g/mol. The zero-order chi connectivity index (χ0) is 10.7. The fourth-order valence-electron chi connectivity index (χ4n) is 1.57. The molecule has 0 fully saturated rings. The van der Waals surface area contributed by atoms with Crippen LogP contribution in [0, 0.1) is 0 Å². The number of aromatic nitrogens is 3. The molecule has 4 nitrogen and oxygen atoms in total. The summed E-state index contributed by atoms with van der Waals surface area (Å²) in [7, 11) is 1.99. The highest BCUT2D eigenvalue weighted by molar-refractivity contribution is 5.54. The van der Waals surface area contributed by atoms with Crippen LogP contribution >= 0.6 is 0 Å². The van der Waals surface area contributed by atoms with Crippen LogP contribution in [0.25, 0.3) is 11.4 Å². The van der Waals surface area contributed by atoms with Gasteiger partial charge in [0.05, 0.1) is 5.69 Å². The predicted octanol–water partition coefficient (Wildman–Crippen LogP) is 0.983. The van der Waals surface area contributed by atoms with Gasteiger partial charge in [0.25, 0.3) is 0 Å². The number of nitrogens with zero attached hydrogens (tertiary/aromatic N) is 3. The molecular formula is C11H14N4. The molecule has 0 bridgehead atoms. The van der Waals surface area contributed by atoms with Gasteiger partial charge in [-0.3, -0.25) is 4.98 Å². The molecular weight excluding hydrogens is 188 g/mol. The molecule has 2 heterocycles. The molecule has 0 saturated carbocycles. The zero-order valence-corrected chi connectivity index (χ0v) is 8.72. The Morgan fingerprint density at radius 2 is 2.07 bits per heavy atom. The summed E-state index contributed by atoms with van der Waals surface area (Å²) in [5.41, 5.74) is 7.61. The summed E-state index contributed by atoms with van der Waals surface area (Å²) in [4.78, 5) is 8.51. The number of nitrogens with two attached hydrogens (primary N) is 1. The maximum atomic E-state index is 5.50. The van der Waals surface area contributed by atoms with Gasteiger partial charge in [0, 0.05) is 37.6 Å². The number of rotatable bonds is 3. The summed E-state index contributed by atoms with van der Waals surface area (Å²) >= 11 is 0. The molecule has 2 aromatic heterocycles. The maximum absolute atomic E-state index is 5.50. The second-order valence-electron chi connectivity index (χ2n) is 3.44. The van der Waals surface area contributed by atoms with Crippen LogP contribution in [0.3, 0.4) is 0 Å². The van der Waals surface area contributed by atoms with E-state index in [1.54, 1.807) is 12.4 Å². The van der Waals surface area contributed by atoms with Crippen molar-refractivity contribution >= 4 is 0 Å². The van der Waals surface area contributed by atoms with Crippen molar-refractivity contribution in [3.63, 3.8) is 0 Å². The van der Waals surface area contributed by atoms with Crippen molar-refractivity contribution in [1.82, 2.24) is 14.5 Å². The number of aryl methyl sites for hydroxylation is 1. The van der Waals surface area contributed by atoms with E-state index in [-0.39, 0.29) is 0 Å². The van der Waals surface area contributed by atoms with Crippen molar-refractivity contribution in [2.24, 2.45) is 12.8 Å². The van der Waals surface area contributed by atoms with E-state index in [2.05, 4.69) is 9.97 Å². The molecule has 2 rings (SSSR count). The predicted molar refractivity (Wildman–Crippen MR) is 59.2 cm³/mol. The smallest absolute Gasteiger partial charge is 0.140 e. The third-order valence-corrected chi connectivity index (χ3v) is 2.27. The van der Waals surface area contributed by atoms with E-state index in [9.17, 15) is 0 Å². The first-order valence-electron chi connectivity index (χ1n) is 4.94.